The van der Waals surface area contributed by atoms with Crippen molar-refractivity contribution < 1.29 is 4.79 Å². The molecule has 0 saturated carbocycles. The first-order valence-corrected chi connectivity index (χ1v) is 11.1. The summed E-state index contributed by atoms with van der Waals surface area (Å²) in [6.07, 6.45) is 3.35. The van der Waals surface area contributed by atoms with E-state index in [1.54, 1.807) is 24.3 Å². The fraction of sp³-hybridized carbons (Fsp3) is 0.192. The van der Waals surface area contributed by atoms with Crippen LogP contribution in [0.1, 0.15) is 22.7 Å². The molecule has 0 bridgehead atoms. The highest BCUT2D eigenvalue weighted by molar-refractivity contribution is 6.35. The molecule has 3 aromatic carbocycles. The Hall–Kier alpha value is -2.59. The van der Waals surface area contributed by atoms with Crippen molar-refractivity contribution in [2.24, 2.45) is 0 Å². The van der Waals surface area contributed by atoms with Gasteiger partial charge in [-0.05, 0) is 34.9 Å². The third-order valence-electron chi connectivity index (χ3n) is 5.59. The molecule has 0 radical (unpaired) electrons. The van der Waals surface area contributed by atoms with Crippen LogP contribution < -0.4 is 0 Å². The van der Waals surface area contributed by atoms with E-state index in [9.17, 15) is 4.79 Å². The fourth-order valence-electron chi connectivity index (χ4n) is 3.99. The fourth-order valence-corrected chi connectivity index (χ4v) is 4.46. The summed E-state index contributed by atoms with van der Waals surface area (Å²) in [5.41, 5.74) is 3.32. The molecular formula is C26H24Cl2N2O. The minimum Gasteiger partial charge on any atom is -0.337 e. The summed E-state index contributed by atoms with van der Waals surface area (Å²) in [4.78, 5) is 17.1. The van der Waals surface area contributed by atoms with E-state index < -0.39 is 0 Å². The molecular weight excluding hydrogens is 427 g/mol. The normalized spacial score (nSPS) is 15.0. The Morgan fingerprint density at radius 3 is 1.94 bits per heavy atom. The maximum absolute atomic E-state index is 12.7. The molecule has 3 aromatic rings. The van der Waals surface area contributed by atoms with Crippen LogP contribution in [0.15, 0.2) is 84.9 Å². The van der Waals surface area contributed by atoms with Gasteiger partial charge < -0.3 is 4.90 Å². The van der Waals surface area contributed by atoms with Crippen LogP contribution in [-0.2, 0) is 4.79 Å². The predicted octanol–water partition coefficient (Wildman–Crippen LogP) is 5.94. The second-order valence-electron chi connectivity index (χ2n) is 7.58. The molecule has 1 heterocycles. The van der Waals surface area contributed by atoms with E-state index in [0.717, 1.165) is 18.7 Å². The molecule has 1 amide bonds. The summed E-state index contributed by atoms with van der Waals surface area (Å²) in [5.74, 6) is 0.00152. The molecule has 158 valence electrons. The van der Waals surface area contributed by atoms with Gasteiger partial charge in [-0.1, -0.05) is 89.9 Å². The maximum Gasteiger partial charge on any atom is 0.246 e. The number of nitrogens with zero attached hydrogens (tertiary/aromatic N) is 2. The van der Waals surface area contributed by atoms with Crippen LogP contribution in [0.3, 0.4) is 0 Å². The van der Waals surface area contributed by atoms with Crippen LogP contribution >= 0.6 is 23.2 Å². The van der Waals surface area contributed by atoms with Crippen molar-refractivity contribution in [1.29, 1.82) is 0 Å². The number of amides is 1. The molecule has 1 aliphatic heterocycles. The number of hydrogen-bond donors (Lipinski definition) is 0. The number of rotatable bonds is 5. The molecule has 1 saturated heterocycles. The average molecular weight is 451 g/mol. The zero-order valence-corrected chi connectivity index (χ0v) is 18.6. The monoisotopic (exact) mass is 450 g/mol. The van der Waals surface area contributed by atoms with Gasteiger partial charge in [0.15, 0.2) is 0 Å². The average Bonchev–Trinajstić information content (AvgIpc) is 2.80. The lowest BCUT2D eigenvalue weighted by Crippen LogP contribution is -2.49. The molecule has 1 fully saturated rings. The number of carbonyl (C=O) groups is 1. The molecule has 31 heavy (non-hydrogen) atoms. The Bertz CT molecular complexity index is 1010. The van der Waals surface area contributed by atoms with Gasteiger partial charge in [-0.15, -0.1) is 0 Å². The van der Waals surface area contributed by atoms with E-state index in [0.29, 0.717) is 23.1 Å². The lowest BCUT2D eigenvalue weighted by Gasteiger charge is -2.39. The Morgan fingerprint density at radius 2 is 1.39 bits per heavy atom. The number of hydrogen-bond acceptors (Lipinski definition) is 2. The first-order valence-electron chi connectivity index (χ1n) is 10.4. The Morgan fingerprint density at radius 1 is 0.806 bits per heavy atom. The van der Waals surface area contributed by atoms with Gasteiger partial charge >= 0.3 is 0 Å². The largest absolute Gasteiger partial charge is 0.337 e. The standard InChI is InChI=1S/C26H24Cl2N2O/c27-23-13-11-20(24(28)19-23)12-14-25(31)29-15-17-30(18-16-29)26(21-7-3-1-4-8-21)22-9-5-2-6-10-22/h1-14,19,26H,15-18H2. The smallest absolute Gasteiger partial charge is 0.246 e. The first kappa shape index (κ1) is 21.6. The SMILES string of the molecule is O=C(C=Cc1ccc(Cl)cc1Cl)N1CCN(C(c2ccccc2)c2ccccc2)CC1. The maximum atomic E-state index is 12.7. The quantitative estimate of drug-likeness (QED) is 0.449. The Kier molecular flexibility index (Phi) is 7.08. The van der Waals surface area contributed by atoms with Crippen LogP contribution in [-0.4, -0.2) is 41.9 Å². The van der Waals surface area contributed by atoms with E-state index in [1.165, 1.54) is 11.1 Å². The van der Waals surface area contributed by atoms with Crippen molar-refractivity contribution in [3.8, 4) is 0 Å². The minimum absolute atomic E-state index is 0.00152. The molecule has 0 aromatic heterocycles. The summed E-state index contributed by atoms with van der Waals surface area (Å²) >= 11 is 12.1. The number of halogens is 2. The Balaban J connectivity index is 1.44. The zero-order chi connectivity index (χ0) is 21.6. The van der Waals surface area contributed by atoms with Crippen molar-refractivity contribution in [3.05, 3.63) is 112 Å². The topological polar surface area (TPSA) is 23.6 Å². The molecule has 1 aliphatic rings. The molecule has 4 rings (SSSR count). The molecule has 0 N–H and O–H groups in total. The highest BCUT2D eigenvalue weighted by Crippen LogP contribution is 2.29. The molecule has 0 unspecified atom stereocenters. The van der Waals surface area contributed by atoms with Gasteiger partial charge in [0.05, 0.1) is 6.04 Å². The van der Waals surface area contributed by atoms with Crippen molar-refractivity contribution in [2.75, 3.05) is 26.2 Å². The summed E-state index contributed by atoms with van der Waals surface area (Å²) in [5, 5.41) is 1.12. The van der Waals surface area contributed by atoms with E-state index in [1.807, 2.05) is 23.1 Å². The molecule has 0 spiro atoms. The van der Waals surface area contributed by atoms with Gasteiger partial charge in [-0.25, -0.2) is 0 Å². The number of benzene rings is 3. The van der Waals surface area contributed by atoms with Crippen molar-refractivity contribution in [1.82, 2.24) is 9.80 Å². The molecule has 0 aliphatic carbocycles. The van der Waals surface area contributed by atoms with Crippen molar-refractivity contribution in [3.63, 3.8) is 0 Å². The van der Waals surface area contributed by atoms with Crippen LogP contribution in [0.2, 0.25) is 10.0 Å². The highest BCUT2D eigenvalue weighted by Gasteiger charge is 2.27. The first-order chi connectivity index (χ1) is 15.1. The van der Waals surface area contributed by atoms with Gasteiger partial charge in [0.25, 0.3) is 0 Å². The highest BCUT2D eigenvalue weighted by atomic mass is 35.5. The third-order valence-corrected chi connectivity index (χ3v) is 6.15. The predicted molar refractivity (Wildman–Crippen MR) is 128 cm³/mol. The van der Waals surface area contributed by atoms with E-state index in [4.69, 9.17) is 23.2 Å². The molecule has 0 atom stereocenters. The van der Waals surface area contributed by atoms with E-state index in [2.05, 4.69) is 53.4 Å². The van der Waals surface area contributed by atoms with Gasteiger partial charge in [-0.3, -0.25) is 9.69 Å². The molecule has 3 nitrogen and oxygen atoms in total. The van der Waals surface area contributed by atoms with Gasteiger partial charge in [0.1, 0.15) is 0 Å². The summed E-state index contributed by atoms with van der Waals surface area (Å²) in [6.45, 7) is 3.01. The van der Waals surface area contributed by atoms with E-state index in [-0.39, 0.29) is 11.9 Å². The second-order valence-corrected chi connectivity index (χ2v) is 8.43. The van der Waals surface area contributed by atoms with Crippen molar-refractivity contribution >= 4 is 35.2 Å². The summed E-state index contributed by atoms with van der Waals surface area (Å²) in [7, 11) is 0. The Labute approximate surface area is 193 Å². The lowest BCUT2D eigenvalue weighted by molar-refractivity contribution is -0.127. The third kappa shape index (κ3) is 5.37. The number of carbonyl (C=O) groups excluding carboxylic acids is 1. The van der Waals surface area contributed by atoms with Gasteiger partial charge in [-0.2, -0.15) is 0 Å². The summed E-state index contributed by atoms with van der Waals surface area (Å²) in [6, 6.07) is 26.6. The van der Waals surface area contributed by atoms with Crippen molar-refractivity contribution in [2.45, 2.75) is 6.04 Å². The van der Waals surface area contributed by atoms with Crippen LogP contribution in [0.5, 0.6) is 0 Å². The number of piperazine rings is 1. The minimum atomic E-state index is 0.00152. The van der Waals surface area contributed by atoms with Crippen LogP contribution in [0.25, 0.3) is 6.08 Å². The lowest BCUT2D eigenvalue weighted by atomic mass is 9.96. The molecule has 5 heteroatoms. The summed E-state index contributed by atoms with van der Waals surface area (Å²) < 4.78 is 0. The van der Waals surface area contributed by atoms with Crippen LogP contribution in [0, 0.1) is 0 Å². The van der Waals surface area contributed by atoms with Gasteiger partial charge in [0, 0.05) is 42.3 Å². The van der Waals surface area contributed by atoms with Gasteiger partial charge in [0.2, 0.25) is 5.91 Å². The van der Waals surface area contributed by atoms with E-state index >= 15 is 0 Å². The second kappa shape index (κ2) is 10.1. The zero-order valence-electron chi connectivity index (χ0n) is 17.1. The van der Waals surface area contributed by atoms with Crippen LogP contribution in [0.4, 0.5) is 0 Å².